The fourth-order valence-corrected chi connectivity index (χ4v) is 5.29. The van der Waals surface area contributed by atoms with Gasteiger partial charge in [-0.05, 0) is 31.2 Å². The molecule has 1 saturated heterocycles. The Bertz CT molecular complexity index is 593. The van der Waals surface area contributed by atoms with Crippen LogP contribution < -0.4 is 5.32 Å². The van der Waals surface area contributed by atoms with Crippen molar-refractivity contribution in [3.05, 3.63) is 29.6 Å². The molecule has 0 spiro atoms. The average Bonchev–Trinajstić information content (AvgIpc) is 2.46. The van der Waals surface area contributed by atoms with Crippen molar-refractivity contribution in [2.24, 2.45) is 0 Å². The second kappa shape index (κ2) is 7.09. The summed E-state index contributed by atoms with van der Waals surface area (Å²) in [6.45, 7) is 5.58. The maximum Gasteiger partial charge on any atom is 0.246 e. The van der Waals surface area contributed by atoms with Gasteiger partial charge in [0.05, 0.1) is 0 Å². The summed E-state index contributed by atoms with van der Waals surface area (Å²) in [6, 6.07) is 4.20. The van der Waals surface area contributed by atoms with E-state index in [0.29, 0.717) is 13.1 Å². The Morgan fingerprint density at radius 1 is 1.48 bits per heavy atom. The van der Waals surface area contributed by atoms with Gasteiger partial charge in [0.1, 0.15) is 10.7 Å². The standard InChI is InChI=1S/C14H21FN2O2S2/c1-3-16-9-12-4-5-13(15)14(8-12)21(18,19)17-6-7-20-10-11(17)2/h4-5,8,11,16H,3,6-7,9-10H2,1-2H3. The van der Waals surface area contributed by atoms with E-state index in [9.17, 15) is 12.8 Å². The van der Waals surface area contributed by atoms with Gasteiger partial charge in [-0.1, -0.05) is 13.0 Å². The molecule has 1 N–H and O–H groups in total. The molecule has 1 unspecified atom stereocenters. The zero-order valence-corrected chi connectivity index (χ0v) is 13.9. The molecule has 0 amide bonds. The lowest BCUT2D eigenvalue weighted by Crippen LogP contribution is -2.44. The molecule has 1 aromatic carbocycles. The van der Waals surface area contributed by atoms with E-state index in [1.54, 1.807) is 17.8 Å². The van der Waals surface area contributed by atoms with Gasteiger partial charge in [0, 0.05) is 30.6 Å². The highest BCUT2D eigenvalue weighted by atomic mass is 32.2. The Morgan fingerprint density at radius 3 is 2.90 bits per heavy atom. The van der Waals surface area contributed by atoms with Gasteiger partial charge >= 0.3 is 0 Å². The molecule has 4 nitrogen and oxygen atoms in total. The van der Waals surface area contributed by atoms with Crippen LogP contribution in [0.4, 0.5) is 4.39 Å². The number of rotatable bonds is 5. The van der Waals surface area contributed by atoms with Gasteiger partial charge in [-0.15, -0.1) is 0 Å². The van der Waals surface area contributed by atoms with Crippen LogP contribution in [0.25, 0.3) is 0 Å². The molecule has 2 rings (SSSR count). The lowest BCUT2D eigenvalue weighted by molar-refractivity contribution is 0.365. The van der Waals surface area contributed by atoms with E-state index in [-0.39, 0.29) is 10.9 Å². The molecule has 1 aliphatic rings. The van der Waals surface area contributed by atoms with Gasteiger partial charge in [-0.2, -0.15) is 16.1 Å². The van der Waals surface area contributed by atoms with Crippen LogP contribution in [0.15, 0.2) is 23.1 Å². The normalized spacial score (nSPS) is 20.6. The first-order chi connectivity index (χ1) is 9.96. The third kappa shape index (κ3) is 3.77. The zero-order valence-electron chi connectivity index (χ0n) is 12.3. The molecule has 1 fully saturated rings. The summed E-state index contributed by atoms with van der Waals surface area (Å²) in [4.78, 5) is -0.211. The van der Waals surface area contributed by atoms with E-state index in [1.807, 2.05) is 13.8 Å². The molecular formula is C14H21FN2O2S2. The van der Waals surface area contributed by atoms with E-state index in [4.69, 9.17) is 0 Å². The van der Waals surface area contributed by atoms with Crippen molar-refractivity contribution in [1.29, 1.82) is 0 Å². The van der Waals surface area contributed by atoms with E-state index in [1.165, 1.54) is 16.4 Å². The third-order valence-corrected chi connectivity index (χ3v) is 6.69. The number of thioether (sulfide) groups is 1. The van der Waals surface area contributed by atoms with Crippen molar-refractivity contribution in [2.75, 3.05) is 24.6 Å². The van der Waals surface area contributed by atoms with Crippen LogP contribution in [-0.4, -0.2) is 43.4 Å². The van der Waals surface area contributed by atoms with Gasteiger partial charge in [-0.25, -0.2) is 12.8 Å². The summed E-state index contributed by atoms with van der Waals surface area (Å²) in [6.07, 6.45) is 0. The lowest BCUT2D eigenvalue weighted by atomic mass is 10.2. The summed E-state index contributed by atoms with van der Waals surface area (Å²) in [5, 5.41) is 3.12. The zero-order chi connectivity index (χ0) is 15.5. The third-order valence-electron chi connectivity index (χ3n) is 3.47. The topological polar surface area (TPSA) is 49.4 Å². The fourth-order valence-electron chi connectivity index (χ4n) is 2.32. The summed E-state index contributed by atoms with van der Waals surface area (Å²) in [5.41, 5.74) is 0.774. The Balaban J connectivity index is 2.34. The quantitative estimate of drug-likeness (QED) is 0.897. The molecule has 1 aliphatic heterocycles. The minimum absolute atomic E-state index is 0.106. The molecule has 1 heterocycles. The largest absolute Gasteiger partial charge is 0.313 e. The number of nitrogens with one attached hydrogen (secondary N) is 1. The minimum atomic E-state index is -3.77. The molecule has 0 radical (unpaired) electrons. The van der Waals surface area contributed by atoms with Crippen LogP contribution in [0.3, 0.4) is 0 Å². The smallest absolute Gasteiger partial charge is 0.246 e. The maximum atomic E-state index is 14.0. The summed E-state index contributed by atoms with van der Waals surface area (Å²) < 4.78 is 40.9. The molecule has 0 aromatic heterocycles. The number of hydrogen-bond donors (Lipinski definition) is 1. The predicted molar refractivity (Wildman–Crippen MR) is 84.5 cm³/mol. The SMILES string of the molecule is CCNCc1ccc(F)c(S(=O)(=O)N2CCSCC2C)c1. The average molecular weight is 332 g/mol. The van der Waals surface area contributed by atoms with Gasteiger partial charge in [0.25, 0.3) is 0 Å². The maximum absolute atomic E-state index is 14.0. The Kier molecular flexibility index (Phi) is 5.65. The molecule has 1 aromatic rings. The van der Waals surface area contributed by atoms with Crippen LogP contribution >= 0.6 is 11.8 Å². The molecule has 7 heteroatoms. The molecule has 0 aliphatic carbocycles. The number of sulfonamides is 1. The number of halogens is 1. The first kappa shape index (κ1) is 16.7. The van der Waals surface area contributed by atoms with Crippen molar-refractivity contribution < 1.29 is 12.8 Å². The van der Waals surface area contributed by atoms with Gasteiger partial charge in [-0.3, -0.25) is 0 Å². The Labute approximate surface area is 130 Å². The number of benzene rings is 1. The first-order valence-electron chi connectivity index (χ1n) is 7.05. The number of nitrogens with zero attached hydrogens (tertiary/aromatic N) is 1. The van der Waals surface area contributed by atoms with E-state index >= 15 is 0 Å². The second-order valence-electron chi connectivity index (χ2n) is 5.08. The van der Waals surface area contributed by atoms with Crippen LogP contribution in [0.2, 0.25) is 0 Å². The fraction of sp³-hybridized carbons (Fsp3) is 0.571. The van der Waals surface area contributed by atoms with Crippen LogP contribution in [0, 0.1) is 5.82 Å². The van der Waals surface area contributed by atoms with Crippen molar-refractivity contribution in [1.82, 2.24) is 9.62 Å². The van der Waals surface area contributed by atoms with E-state index in [2.05, 4.69) is 5.32 Å². The highest BCUT2D eigenvalue weighted by Crippen LogP contribution is 2.26. The second-order valence-corrected chi connectivity index (χ2v) is 8.09. The Hall–Kier alpha value is -0.630. The van der Waals surface area contributed by atoms with Gasteiger partial charge in [0.15, 0.2) is 0 Å². The van der Waals surface area contributed by atoms with Crippen molar-refractivity contribution in [3.63, 3.8) is 0 Å². The lowest BCUT2D eigenvalue weighted by Gasteiger charge is -2.32. The summed E-state index contributed by atoms with van der Waals surface area (Å²) in [5.74, 6) is 0.820. The van der Waals surface area contributed by atoms with E-state index in [0.717, 1.165) is 23.6 Å². The first-order valence-corrected chi connectivity index (χ1v) is 9.65. The van der Waals surface area contributed by atoms with Crippen molar-refractivity contribution in [2.45, 2.75) is 31.3 Å². The summed E-state index contributed by atoms with van der Waals surface area (Å²) in [7, 11) is -3.77. The molecule has 118 valence electrons. The summed E-state index contributed by atoms with van der Waals surface area (Å²) >= 11 is 1.73. The monoisotopic (exact) mass is 332 g/mol. The van der Waals surface area contributed by atoms with Crippen LogP contribution in [0.1, 0.15) is 19.4 Å². The highest BCUT2D eigenvalue weighted by Gasteiger charge is 2.33. The Morgan fingerprint density at radius 2 is 2.24 bits per heavy atom. The van der Waals surface area contributed by atoms with Gasteiger partial charge in [0.2, 0.25) is 10.0 Å². The molecular weight excluding hydrogens is 311 g/mol. The molecule has 0 bridgehead atoms. The van der Waals surface area contributed by atoms with Crippen molar-refractivity contribution >= 4 is 21.8 Å². The predicted octanol–water partition coefficient (Wildman–Crippen LogP) is 2.06. The molecule has 21 heavy (non-hydrogen) atoms. The van der Waals surface area contributed by atoms with Crippen molar-refractivity contribution in [3.8, 4) is 0 Å². The highest BCUT2D eigenvalue weighted by molar-refractivity contribution is 7.99. The number of hydrogen-bond acceptors (Lipinski definition) is 4. The van der Waals surface area contributed by atoms with Crippen LogP contribution in [0.5, 0.6) is 0 Å². The minimum Gasteiger partial charge on any atom is -0.313 e. The van der Waals surface area contributed by atoms with Gasteiger partial charge < -0.3 is 5.32 Å². The molecule has 0 saturated carbocycles. The van der Waals surface area contributed by atoms with E-state index < -0.39 is 15.8 Å². The van der Waals surface area contributed by atoms with Crippen LogP contribution in [-0.2, 0) is 16.6 Å². The molecule has 1 atom stereocenters.